The SMILES string of the molecule is Cc1ccc(-c2cc(C(=O)N/N=C/c3cccc([N+](=O)[O-])c3)n[nH]2)o1. The lowest BCUT2D eigenvalue weighted by atomic mass is 10.2. The lowest BCUT2D eigenvalue weighted by Crippen LogP contribution is -2.18. The van der Waals surface area contributed by atoms with Gasteiger partial charge in [0, 0.05) is 23.8 Å². The van der Waals surface area contributed by atoms with Gasteiger partial charge in [-0.15, -0.1) is 0 Å². The van der Waals surface area contributed by atoms with Crippen molar-refractivity contribution in [1.82, 2.24) is 15.6 Å². The zero-order chi connectivity index (χ0) is 17.8. The van der Waals surface area contributed by atoms with Gasteiger partial charge in [0.15, 0.2) is 11.5 Å². The average Bonchev–Trinajstić information content (AvgIpc) is 3.24. The number of H-pyrrole nitrogens is 1. The number of aromatic nitrogens is 2. The van der Waals surface area contributed by atoms with Crippen molar-refractivity contribution in [3.63, 3.8) is 0 Å². The first-order valence-electron chi connectivity index (χ1n) is 7.23. The van der Waals surface area contributed by atoms with Crippen molar-refractivity contribution >= 4 is 17.8 Å². The van der Waals surface area contributed by atoms with Gasteiger partial charge in [-0.2, -0.15) is 10.2 Å². The van der Waals surface area contributed by atoms with Gasteiger partial charge < -0.3 is 4.42 Å². The summed E-state index contributed by atoms with van der Waals surface area (Å²) >= 11 is 0. The van der Waals surface area contributed by atoms with Crippen molar-refractivity contribution < 1.29 is 14.1 Å². The van der Waals surface area contributed by atoms with E-state index >= 15 is 0 Å². The molecular weight excluding hydrogens is 326 g/mol. The van der Waals surface area contributed by atoms with Crippen molar-refractivity contribution in [1.29, 1.82) is 0 Å². The Balaban J connectivity index is 1.66. The Morgan fingerprint density at radius 1 is 1.36 bits per heavy atom. The van der Waals surface area contributed by atoms with Gasteiger partial charge in [0.1, 0.15) is 11.5 Å². The summed E-state index contributed by atoms with van der Waals surface area (Å²) in [5.41, 5.74) is 3.46. The number of carbonyl (C=O) groups excluding carboxylic acids is 1. The van der Waals surface area contributed by atoms with E-state index in [4.69, 9.17) is 4.42 Å². The number of hydrazone groups is 1. The van der Waals surface area contributed by atoms with E-state index in [0.717, 1.165) is 5.76 Å². The normalized spacial score (nSPS) is 10.9. The molecule has 0 atom stereocenters. The molecule has 0 aliphatic rings. The molecule has 0 aliphatic carbocycles. The zero-order valence-corrected chi connectivity index (χ0v) is 13.1. The molecule has 0 radical (unpaired) electrons. The van der Waals surface area contributed by atoms with Gasteiger partial charge in [-0.3, -0.25) is 20.0 Å². The van der Waals surface area contributed by atoms with Crippen LogP contribution in [0.2, 0.25) is 0 Å². The lowest BCUT2D eigenvalue weighted by Gasteiger charge is -1.96. The number of hydrogen-bond acceptors (Lipinski definition) is 6. The van der Waals surface area contributed by atoms with Gasteiger partial charge in [-0.25, -0.2) is 5.43 Å². The summed E-state index contributed by atoms with van der Waals surface area (Å²) < 4.78 is 5.44. The van der Waals surface area contributed by atoms with Crippen molar-refractivity contribution in [2.24, 2.45) is 5.10 Å². The number of nitro benzene ring substituents is 1. The molecule has 0 fully saturated rings. The summed E-state index contributed by atoms with van der Waals surface area (Å²) in [5.74, 6) is 0.800. The van der Waals surface area contributed by atoms with Crippen molar-refractivity contribution in [3.05, 3.63) is 69.6 Å². The molecule has 0 spiro atoms. The lowest BCUT2D eigenvalue weighted by molar-refractivity contribution is -0.384. The number of non-ortho nitro benzene ring substituents is 1. The van der Waals surface area contributed by atoms with Crippen LogP contribution in [0.15, 0.2) is 52.0 Å². The molecule has 1 aromatic carbocycles. The van der Waals surface area contributed by atoms with E-state index in [1.165, 1.54) is 30.5 Å². The van der Waals surface area contributed by atoms with E-state index in [1.807, 2.05) is 6.92 Å². The van der Waals surface area contributed by atoms with Gasteiger partial charge in [-0.1, -0.05) is 12.1 Å². The van der Waals surface area contributed by atoms with Crippen LogP contribution in [-0.4, -0.2) is 27.2 Å². The summed E-state index contributed by atoms with van der Waals surface area (Å²) in [6.45, 7) is 1.82. The first-order chi connectivity index (χ1) is 12.0. The van der Waals surface area contributed by atoms with Crippen LogP contribution in [0.4, 0.5) is 5.69 Å². The Morgan fingerprint density at radius 2 is 2.20 bits per heavy atom. The number of aryl methyl sites for hydroxylation is 1. The summed E-state index contributed by atoms with van der Waals surface area (Å²) in [7, 11) is 0. The van der Waals surface area contributed by atoms with Crippen LogP contribution >= 0.6 is 0 Å². The maximum Gasteiger partial charge on any atom is 0.291 e. The minimum Gasteiger partial charge on any atom is -0.460 e. The molecule has 25 heavy (non-hydrogen) atoms. The molecule has 0 unspecified atom stereocenters. The Morgan fingerprint density at radius 3 is 2.92 bits per heavy atom. The molecule has 2 N–H and O–H groups in total. The summed E-state index contributed by atoms with van der Waals surface area (Å²) in [6.07, 6.45) is 1.31. The first-order valence-corrected chi connectivity index (χ1v) is 7.23. The first kappa shape index (κ1) is 16.1. The minimum atomic E-state index is -0.521. The summed E-state index contributed by atoms with van der Waals surface area (Å²) in [5, 5.41) is 21.1. The number of carbonyl (C=O) groups is 1. The van der Waals surface area contributed by atoms with Crippen LogP contribution in [-0.2, 0) is 0 Å². The predicted octanol–water partition coefficient (Wildman–Crippen LogP) is 2.65. The second-order valence-electron chi connectivity index (χ2n) is 5.13. The molecule has 2 aromatic heterocycles. The van der Waals surface area contributed by atoms with Gasteiger partial charge in [0.25, 0.3) is 11.6 Å². The molecule has 0 saturated heterocycles. The number of rotatable bonds is 5. The van der Waals surface area contributed by atoms with Crippen LogP contribution in [0.5, 0.6) is 0 Å². The number of benzene rings is 1. The Hall–Kier alpha value is -3.75. The Bertz CT molecular complexity index is 957. The van der Waals surface area contributed by atoms with Gasteiger partial charge >= 0.3 is 0 Å². The zero-order valence-electron chi connectivity index (χ0n) is 13.1. The monoisotopic (exact) mass is 339 g/mol. The standard InChI is InChI=1S/C16H13N5O4/c1-10-5-6-15(25-10)13-8-14(19-18-13)16(22)20-17-9-11-3-2-4-12(7-11)21(23)24/h2-9H,1H3,(H,18,19)(H,20,22)/b17-9+. The van der Waals surface area contributed by atoms with E-state index in [-0.39, 0.29) is 11.4 Å². The second kappa shape index (κ2) is 6.79. The molecule has 0 saturated carbocycles. The minimum absolute atomic E-state index is 0.0547. The topological polar surface area (TPSA) is 126 Å². The quantitative estimate of drug-likeness (QED) is 0.420. The Kier molecular flexibility index (Phi) is 4.38. The van der Waals surface area contributed by atoms with Gasteiger partial charge in [-0.05, 0) is 19.1 Å². The van der Waals surface area contributed by atoms with E-state index in [1.54, 1.807) is 18.2 Å². The predicted molar refractivity (Wildman–Crippen MR) is 89.2 cm³/mol. The van der Waals surface area contributed by atoms with Crippen LogP contribution in [0.1, 0.15) is 21.8 Å². The molecule has 0 bridgehead atoms. The number of amides is 1. The highest BCUT2D eigenvalue weighted by molar-refractivity contribution is 5.94. The highest BCUT2D eigenvalue weighted by atomic mass is 16.6. The number of nitro groups is 1. The van der Waals surface area contributed by atoms with Gasteiger partial charge in [0.2, 0.25) is 0 Å². The molecule has 126 valence electrons. The number of aromatic amines is 1. The Labute approximate surface area is 141 Å². The molecule has 9 heteroatoms. The fraction of sp³-hybridized carbons (Fsp3) is 0.0625. The summed E-state index contributed by atoms with van der Waals surface area (Å²) in [6, 6.07) is 11.0. The molecule has 1 amide bonds. The van der Waals surface area contributed by atoms with Crippen LogP contribution < -0.4 is 5.43 Å². The number of nitrogens with one attached hydrogen (secondary N) is 2. The van der Waals surface area contributed by atoms with Crippen molar-refractivity contribution in [3.8, 4) is 11.5 Å². The molecule has 0 aliphatic heterocycles. The molecular formula is C16H13N5O4. The van der Waals surface area contributed by atoms with Crippen LogP contribution in [0.3, 0.4) is 0 Å². The second-order valence-corrected chi connectivity index (χ2v) is 5.13. The van der Waals surface area contributed by atoms with E-state index in [2.05, 4.69) is 20.7 Å². The maximum absolute atomic E-state index is 12.0. The fourth-order valence-corrected chi connectivity index (χ4v) is 2.08. The van der Waals surface area contributed by atoms with Crippen molar-refractivity contribution in [2.45, 2.75) is 6.92 Å². The van der Waals surface area contributed by atoms with Gasteiger partial charge in [0.05, 0.1) is 11.1 Å². The van der Waals surface area contributed by atoms with Crippen LogP contribution in [0, 0.1) is 17.0 Å². The molecule has 3 aromatic rings. The van der Waals surface area contributed by atoms with E-state index in [9.17, 15) is 14.9 Å². The van der Waals surface area contributed by atoms with E-state index in [0.29, 0.717) is 17.0 Å². The number of hydrogen-bond donors (Lipinski definition) is 2. The van der Waals surface area contributed by atoms with Crippen molar-refractivity contribution in [2.75, 3.05) is 0 Å². The highest BCUT2D eigenvalue weighted by Crippen LogP contribution is 2.20. The maximum atomic E-state index is 12.0. The third-order valence-electron chi connectivity index (χ3n) is 3.28. The third-order valence-corrected chi connectivity index (χ3v) is 3.28. The highest BCUT2D eigenvalue weighted by Gasteiger charge is 2.12. The number of furan rings is 1. The van der Waals surface area contributed by atoms with Crippen LogP contribution in [0.25, 0.3) is 11.5 Å². The largest absolute Gasteiger partial charge is 0.460 e. The average molecular weight is 339 g/mol. The fourth-order valence-electron chi connectivity index (χ4n) is 2.08. The molecule has 2 heterocycles. The molecule has 3 rings (SSSR count). The molecule has 9 nitrogen and oxygen atoms in total. The van der Waals surface area contributed by atoms with E-state index < -0.39 is 10.8 Å². The summed E-state index contributed by atoms with van der Waals surface area (Å²) in [4.78, 5) is 22.2. The smallest absolute Gasteiger partial charge is 0.291 e. The third kappa shape index (κ3) is 3.78. The number of nitrogens with zero attached hydrogens (tertiary/aromatic N) is 3.